The monoisotopic (exact) mass is 356 g/mol. The second kappa shape index (κ2) is 10.1. The molecule has 0 atom stereocenters. The molecular weight excluding hydrogens is 332 g/mol. The minimum absolute atomic E-state index is 0.0685. The van der Waals surface area contributed by atoms with Gasteiger partial charge in [0, 0.05) is 13.1 Å². The smallest absolute Gasteiger partial charge is 0.407 e. The van der Waals surface area contributed by atoms with E-state index in [9.17, 15) is 9.59 Å². The quantitative estimate of drug-likeness (QED) is 0.713. The van der Waals surface area contributed by atoms with Crippen molar-refractivity contribution in [2.45, 2.75) is 20.5 Å². The third-order valence-corrected chi connectivity index (χ3v) is 3.78. The molecule has 2 aromatic carbocycles. The molecule has 2 amide bonds. The molecule has 0 saturated heterocycles. The van der Waals surface area contributed by atoms with Gasteiger partial charge in [0.15, 0.2) is 6.61 Å². The summed E-state index contributed by atoms with van der Waals surface area (Å²) in [7, 11) is 0. The molecule has 0 bridgehead atoms. The van der Waals surface area contributed by atoms with Gasteiger partial charge in [0.25, 0.3) is 5.91 Å². The van der Waals surface area contributed by atoms with Crippen LogP contribution in [0.15, 0.2) is 48.5 Å². The lowest BCUT2D eigenvalue weighted by Gasteiger charge is -2.10. The molecule has 6 nitrogen and oxygen atoms in total. The number of amides is 2. The molecule has 0 aliphatic carbocycles. The van der Waals surface area contributed by atoms with E-state index in [2.05, 4.69) is 10.6 Å². The molecule has 2 aromatic rings. The van der Waals surface area contributed by atoms with Crippen LogP contribution in [0.3, 0.4) is 0 Å². The molecule has 0 aliphatic heterocycles. The Bertz CT molecular complexity index is 732. The second-order valence-electron chi connectivity index (χ2n) is 5.87. The molecule has 0 spiro atoms. The van der Waals surface area contributed by atoms with Gasteiger partial charge < -0.3 is 20.1 Å². The van der Waals surface area contributed by atoms with Crippen LogP contribution >= 0.6 is 0 Å². The maximum atomic E-state index is 11.7. The third-order valence-electron chi connectivity index (χ3n) is 3.78. The highest BCUT2D eigenvalue weighted by molar-refractivity contribution is 5.77. The van der Waals surface area contributed by atoms with Crippen LogP contribution in [0.2, 0.25) is 0 Å². The lowest BCUT2D eigenvalue weighted by atomic mass is 10.1. The van der Waals surface area contributed by atoms with Crippen LogP contribution in [-0.4, -0.2) is 31.7 Å². The van der Waals surface area contributed by atoms with Crippen LogP contribution in [-0.2, 0) is 16.1 Å². The van der Waals surface area contributed by atoms with Crippen molar-refractivity contribution < 1.29 is 19.1 Å². The fourth-order valence-corrected chi connectivity index (χ4v) is 2.14. The van der Waals surface area contributed by atoms with E-state index in [1.807, 2.05) is 62.4 Å². The second-order valence-corrected chi connectivity index (χ2v) is 5.87. The van der Waals surface area contributed by atoms with Gasteiger partial charge in [-0.15, -0.1) is 0 Å². The van der Waals surface area contributed by atoms with Crippen LogP contribution in [0.25, 0.3) is 0 Å². The van der Waals surface area contributed by atoms with Crippen molar-refractivity contribution in [3.63, 3.8) is 0 Å². The summed E-state index contributed by atoms with van der Waals surface area (Å²) >= 11 is 0. The van der Waals surface area contributed by atoms with Crippen molar-refractivity contribution in [1.29, 1.82) is 0 Å². The van der Waals surface area contributed by atoms with E-state index >= 15 is 0 Å². The molecule has 6 heteroatoms. The summed E-state index contributed by atoms with van der Waals surface area (Å²) in [6, 6.07) is 15.1. The van der Waals surface area contributed by atoms with Crippen LogP contribution in [0, 0.1) is 13.8 Å². The zero-order valence-corrected chi connectivity index (χ0v) is 15.1. The number of nitrogens with one attached hydrogen (secondary N) is 2. The maximum Gasteiger partial charge on any atom is 0.407 e. The number of carbonyl (C=O) groups excluding carboxylic acids is 2. The number of rotatable bonds is 8. The van der Waals surface area contributed by atoms with Crippen molar-refractivity contribution in [2.75, 3.05) is 19.7 Å². The summed E-state index contributed by atoms with van der Waals surface area (Å²) in [6.45, 7) is 4.73. The molecule has 0 saturated carbocycles. The SMILES string of the molecule is Cc1ccc(OCC(=O)NCCNC(=O)OCc2ccccc2)cc1C. The number of carbonyl (C=O) groups is 2. The van der Waals surface area contributed by atoms with E-state index in [-0.39, 0.29) is 25.7 Å². The molecular formula is C20H24N2O4. The molecule has 26 heavy (non-hydrogen) atoms. The summed E-state index contributed by atoms with van der Waals surface area (Å²) in [5.41, 5.74) is 3.20. The minimum atomic E-state index is -0.519. The van der Waals surface area contributed by atoms with Gasteiger partial charge >= 0.3 is 6.09 Å². The fourth-order valence-electron chi connectivity index (χ4n) is 2.14. The summed E-state index contributed by atoms with van der Waals surface area (Å²) in [6.07, 6.45) is -0.519. The Morgan fingerprint density at radius 1 is 0.923 bits per heavy atom. The molecule has 0 fully saturated rings. The third kappa shape index (κ3) is 6.84. The number of ether oxygens (including phenoxy) is 2. The van der Waals surface area contributed by atoms with E-state index in [1.165, 1.54) is 5.56 Å². The van der Waals surface area contributed by atoms with E-state index in [1.54, 1.807) is 0 Å². The Balaban J connectivity index is 1.56. The minimum Gasteiger partial charge on any atom is -0.484 e. The van der Waals surface area contributed by atoms with Crippen LogP contribution < -0.4 is 15.4 Å². The first-order valence-corrected chi connectivity index (χ1v) is 8.46. The first kappa shape index (κ1) is 19.3. The molecule has 2 N–H and O–H groups in total. The van der Waals surface area contributed by atoms with Gasteiger partial charge in [0.1, 0.15) is 12.4 Å². The molecule has 2 rings (SSSR count). The Morgan fingerprint density at radius 2 is 1.65 bits per heavy atom. The topological polar surface area (TPSA) is 76.7 Å². The first-order valence-electron chi connectivity index (χ1n) is 8.46. The van der Waals surface area contributed by atoms with Crippen molar-refractivity contribution in [2.24, 2.45) is 0 Å². The van der Waals surface area contributed by atoms with Gasteiger partial charge in [0.2, 0.25) is 0 Å². The number of benzene rings is 2. The number of alkyl carbamates (subject to hydrolysis) is 1. The molecule has 0 heterocycles. The Kier molecular flexibility index (Phi) is 7.49. The normalized spacial score (nSPS) is 10.1. The highest BCUT2D eigenvalue weighted by atomic mass is 16.5. The van der Waals surface area contributed by atoms with Gasteiger partial charge in [-0.05, 0) is 42.7 Å². The molecule has 0 aromatic heterocycles. The van der Waals surface area contributed by atoms with E-state index in [0.717, 1.165) is 11.1 Å². The summed E-state index contributed by atoms with van der Waals surface area (Å²) in [5.74, 6) is 0.411. The van der Waals surface area contributed by atoms with Crippen molar-refractivity contribution in [3.8, 4) is 5.75 Å². The molecule has 0 aliphatic rings. The maximum absolute atomic E-state index is 11.7. The predicted octanol–water partition coefficient (Wildman–Crippen LogP) is 2.72. The molecule has 0 unspecified atom stereocenters. The van der Waals surface area contributed by atoms with Crippen LogP contribution in [0.1, 0.15) is 16.7 Å². The van der Waals surface area contributed by atoms with Crippen molar-refractivity contribution in [1.82, 2.24) is 10.6 Å². The Morgan fingerprint density at radius 3 is 2.38 bits per heavy atom. The Hall–Kier alpha value is -3.02. The van der Waals surface area contributed by atoms with Crippen LogP contribution in [0.5, 0.6) is 5.75 Å². The summed E-state index contributed by atoms with van der Waals surface area (Å²) < 4.78 is 10.5. The number of hydrogen-bond acceptors (Lipinski definition) is 4. The average molecular weight is 356 g/mol. The van der Waals surface area contributed by atoms with Gasteiger partial charge in [0.05, 0.1) is 0 Å². The number of hydrogen-bond donors (Lipinski definition) is 2. The van der Waals surface area contributed by atoms with E-state index < -0.39 is 6.09 Å². The van der Waals surface area contributed by atoms with E-state index in [0.29, 0.717) is 12.3 Å². The Labute approximate surface area is 153 Å². The van der Waals surface area contributed by atoms with Gasteiger partial charge in [-0.1, -0.05) is 36.4 Å². The van der Waals surface area contributed by atoms with Gasteiger partial charge in [-0.25, -0.2) is 4.79 Å². The van der Waals surface area contributed by atoms with Crippen LogP contribution in [0.4, 0.5) is 4.79 Å². The lowest BCUT2D eigenvalue weighted by Crippen LogP contribution is -2.36. The first-order chi connectivity index (χ1) is 12.5. The zero-order valence-electron chi connectivity index (χ0n) is 15.1. The van der Waals surface area contributed by atoms with Crippen molar-refractivity contribution in [3.05, 3.63) is 65.2 Å². The largest absolute Gasteiger partial charge is 0.484 e. The zero-order chi connectivity index (χ0) is 18.8. The average Bonchev–Trinajstić information content (AvgIpc) is 2.65. The fraction of sp³-hybridized carbons (Fsp3) is 0.300. The molecule has 138 valence electrons. The summed E-state index contributed by atoms with van der Waals surface area (Å²) in [5, 5.41) is 5.25. The summed E-state index contributed by atoms with van der Waals surface area (Å²) in [4.78, 5) is 23.3. The van der Waals surface area contributed by atoms with Gasteiger partial charge in [-0.2, -0.15) is 0 Å². The highest BCUT2D eigenvalue weighted by Crippen LogP contribution is 2.16. The standard InChI is InChI=1S/C20H24N2O4/c1-15-8-9-18(12-16(15)2)25-14-19(23)21-10-11-22-20(24)26-13-17-6-4-3-5-7-17/h3-9,12H,10-11,13-14H2,1-2H3,(H,21,23)(H,22,24). The van der Waals surface area contributed by atoms with E-state index in [4.69, 9.17) is 9.47 Å². The lowest BCUT2D eigenvalue weighted by molar-refractivity contribution is -0.123. The van der Waals surface area contributed by atoms with Gasteiger partial charge in [-0.3, -0.25) is 4.79 Å². The predicted molar refractivity (Wildman–Crippen MR) is 99.1 cm³/mol. The molecule has 0 radical (unpaired) electrons. The highest BCUT2D eigenvalue weighted by Gasteiger charge is 2.05. The van der Waals surface area contributed by atoms with Crippen molar-refractivity contribution >= 4 is 12.0 Å². The number of aryl methyl sites for hydroxylation is 2.